The highest BCUT2D eigenvalue weighted by atomic mass is 16.5. The molecule has 2 atom stereocenters. The van der Waals surface area contributed by atoms with Gasteiger partial charge in [0.1, 0.15) is 11.9 Å². The number of ether oxygens (including phenoxy) is 1. The smallest absolute Gasteiger partial charge is 0.122 e. The lowest BCUT2D eigenvalue weighted by atomic mass is 9.91. The number of carbonyl (C=O) groups is 1. The minimum absolute atomic E-state index is 0.0989. The topological polar surface area (TPSA) is 66.8 Å². The van der Waals surface area contributed by atoms with Crippen molar-refractivity contribution < 1.29 is 19.7 Å². The van der Waals surface area contributed by atoms with Crippen LogP contribution in [0.2, 0.25) is 0 Å². The highest BCUT2D eigenvalue weighted by Gasteiger charge is 2.34. The van der Waals surface area contributed by atoms with Gasteiger partial charge in [0.2, 0.25) is 0 Å². The highest BCUT2D eigenvalue weighted by Crippen LogP contribution is 2.22. The molecule has 0 saturated heterocycles. The van der Waals surface area contributed by atoms with E-state index >= 15 is 0 Å². The second kappa shape index (κ2) is 5.24. The summed E-state index contributed by atoms with van der Waals surface area (Å²) in [6, 6.07) is 0. The summed E-state index contributed by atoms with van der Waals surface area (Å²) < 4.78 is 5.04. The number of rotatable bonds is 6. The van der Waals surface area contributed by atoms with Crippen molar-refractivity contribution in [1.82, 2.24) is 0 Å². The average molecular weight is 176 g/mol. The second-order valence-electron chi connectivity index (χ2n) is 2.79. The second-order valence-corrected chi connectivity index (χ2v) is 2.79. The van der Waals surface area contributed by atoms with Crippen LogP contribution in [-0.2, 0) is 9.53 Å². The Labute approximate surface area is 72.2 Å². The van der Waals surface area contributed by atoms with Crippen molar-refractivity contribution in [2.24, 2.45) is 0 Å². The van der Waals surface area contributed by atoms with Crippen molar-refractivity contribution in [2.45, 2.75) is 31.5 Å². The zero-order valence-electron chi connectivity index (χ0n) is 7.49. The van der Waals surface area contributed by atoms with Crippen LogP contribution >= 0.6 is 0 Å². The first kappa shape index (κ1) is 11.6. The first-order valence-corrected chi connectivity index (χ1v) is 3.90. The van der Waals surface area contributed by atoms with Gasteiger partial charge in [-0.2, -0.15) is 0 Å². The van der Waals surface area contributed by atoms with E-state index in [1.54, 1.807) is 6.92 Å². The molecule has 0 aliphatic carbocycles. The van der Waals surface area contributed by atoms with Gasteiger partial charge < -0.3 is 19.7 Å². The number of methoxy groups -OCH3 is 1. The molecule has 0 fully saturated rings. The van der Waals surface area contributed by atoms with Crippen LogP contribution in [-0.4, -0.2) is 41.9 Å². The Morgan fingerprint density at radius 3 is 2.50 bits per heavy atom. The lowest BCUT2D eigenvalue weighted by Crippen LogP contribution is -2.43. The minimum Gasteiger partial charge on any atom is -0.396 e. The average Bonchev–Trinajstić information content (AvgIpc) is 2.03. The molecule has 2 unspecified atom stereocenters. The molecule has 0 aromatic heterocycles. The van der Waals surface area contributed by atoms with Crippen LogP contribution in [0.25, 0.3) is 0 Å². The molecular formula is C8H16O4. The molecule has 0 heterocycles. The van der Waals surface area contributed by atoms with Crippen LogP contribution < -0.4 is 0 Å². The Bertz CT molecular complexity index is 135. The maximum Gasteiger partial charge on any atom is 0.122 e. The molecule has 0 aromatic carbocycles. The van der Waals surface area contributed by atoms with E-state index in [9.17, 15) is 9.90 Å². The largest absolute Gasteiger partial charge is 0.396 e. The molecule has 0 aliphatic heterocycles. The van der Waals surface area contributed by atoms with E-state index in [0.29, 0.717) is 6.29 Å². The third-order valence-electron chi connectivity index (χ3n) is 2.13. The fourth-order valence-corrected chi connectivity index (χ4v) is 1.17. The molecule has 0 amide bonds. The molecule has 0 spiro atoms. The Hall–Kier alpha value is -0.450. The van der Waals surface area contributed by atoms with Crippen LogP contribution in [0.15, 0.2) is 0 Å². The molecule has 0 aromatic rings. The number of carbonyl (C=O) groups excluding carboxylic acids is 1. The molecule has 0 aliphatic rings. The predicted molar refractivity (Wildman–Crippen MR) is 43.8 cm³/mol. The molecule has 4 heteroatoms. The van der Waals surface area contributed by atoms with Gasteiger partial charge in [-0.15, -0.1) is 0 Å². The lowest BCUT2D eigenvalue weighted by Gasteiger charge is -2.32. The summed E-state index contributed by atoms with van der Waals surface area (Å²) in [5.41, 5.74) is -0.920. The van der Waals surface area contributed by atoms with Crippen LogP contribution in [0.4, 0.5) is 0 Å². The predicted octanol–water partition coefficient (Wildman–Crippen LogP) is -0.276. The maximum absolute atomic E-state index is 10.3. The van der Waals surface area contributed by atoms with Gasteiger partial charge in [-0.25, -0.2) is 0 Å². The van der Waals surface area contributed by atoms with E-state index in [1.165, 1.54) is 7.11 Å². The summed E-state index contributed by atoms with van der Waals surface area (Å²) in [4.78, 5) is 10.3. The Balaban J connectivity index is 4.38. The van der Waals surface area contributed by atoms with Crippen molar-refractivity contribution in [2.75, 3.05) is 13.7 Å². The fraction of sp³-hybridized carbons (Fsp3) is 0.875. The van der Waals surface area contributed by atoms with Crippen molar-refractivity contribution in [1.29, 1.82) is 0 Å². The maximum atomic E-state index is 10.3. The van der Waals surface area contributed by atoms with Gasteiger partial charge in [0.25, 0.3) is 0 Å². The van der Waals surface area contributed by atoms with Gasteiger partial charge in [-0.05, 0) is 6.92 Å². The van der Waals surface area contributed by atoms with Crippen LogP contribution in [0.5, 0.6) is 0 Å². The summed E-state index contributed by atoms with van der Waals surface area (Å²) in [5.74, 6) is 0. The number of aliphatic hydroxyl groups excluding tert-OH is 2. The SMILES string of the molecule is COC(CC=O)(CCO)C(C)O. The van der Waals surface area contributed by atoms with E-state index in [1.807, 2.05) is 0 Å². The number of aldehydes is 1. The Morgan fingerprint density at radius 1 is 1.67 bits per heavy atom. The van der Waals surface area contributed by atoms with Gasteiger partial charge in [-0.3, -0.25) is 0 Å². The summed E-state index contributed by atoms with van der Waals surface area (Å²) in [7, 11) is 1.42. The van der Waals surface area contributed by atoms with E-state index < -0.39 is 11.7 Å². The van der Waals surface area contributed by atoms with Gasteiger partial charge in [0.15, 0.2) is 0 Å². The molecule has 2 N–H and O–H groups in total. The molecule has 0 rings (SSSR count). The van der Waals surface area contributed by atoms with Gasteiger partial charge in [0.05, 0.1) is 6.10 Å². The fourth-order valence-electron chi connectivity index (χ4n) is 1.17. The number of hydrogen-bond acceptors (Lipinski definition) is 4. The normalized spacial score (nSPS) is 18.3. The zero-order chi connectivity index (χ0) is 9.61. The third-order valence-corrected chi connectivity index (χ3v) is 2.13. The zero-order valence-corrected chi connectivity index (χ0v) is 7.49. The highest BCUT2D eigenvalue weighted by molar-refractivity contribution is 5.51. The van der Waals surface area contributed by atoms with Gasteiger partial charge in [-0.1, -0.05) is 0 Å². The summed E-state index contributed by atoms with van der Waals surface area (Å²) in [6.07, 6.45) is 0.285. The molecular weight excluding hydrogens is 160 g/mol. The molecule has 4 nitrogen and oxygen atoms in total. The van der Waals surface area contributed by atoms with Crippen molar-refractivity contribution >= 4 is 6.29 Å². The quantitative estimate of drug-likeness (QED) is 0.546. The summed E-state index contributed by atoms with van der Waals surface area (Å²) in [6.45, 7) is 1.44. The third kappa shape index (κ3) is 2.55. The summed E-state index contributed by atoms with van der Waals surface area (Å²) in [5, 5.41) is 18.0. The van der Waals surface area contributed by atoms with Crippen LogP contribution in [0.1, 0.15) is 19.8 Å². The van der Waals surface area contributed by atoms with Crippen LogP contribution in [0, 0.1) is 0 Å². The standard InChI is InChI=1S/C8H16O4/c1-7(11)8(12-2,3-5-9)4-6-10/h5,7,10-11H,3-4,6H2,1-2H3. The van der Waals surface area contributed by atoms with Crippen molar-refractivity contribution in [3.05, 3.63) is 0 Å². The molecule has 72 valence electrons. The number of hydrogen-bond donors (Lipinski definition) is 2. The first-order chi connectivity index (χ1) is 5.63. The Kier molecular flexibility index (Phi) is 5.04. The Morgan fingerprint density at radius 2 is 2.25 bits per heavy atom. The molecule has 0 radical (unpaired) electrons. The van der Waals surface area contributed by atoms with E-state index in [-0.39, 0.29) is 19.4 Å². The minimum atomic E-state index is -0.920. The first-order valence-electron chi connectivity index (χ1n) is 3.90. The van der Waals surface area contributed by atoms with E-state index in [4.69, 9.17) is 9.84 Å². The van der Waals surface area contributed by atoms with Gasteiger partial charge in [0, 0.05) is 26.6 Å². The lowest BCUT2D eigenvalue weighted by molar-refractivity contribution is -0.130. The van der Waals surface area contributed by atoms with E-state index in [2.05, 4.69) is 0 Å². The van der Waals surface area contributed by atoms with Gasteiger partial charge >= 0.3 is 0 Å². The van der Waals surface area contributed by atoms with Crippen LogP contribution in [0.3, 0.4) is 0 Å². The molecule has 0 bridgehead atoms. The van der Waals surface area contributed by atoms with Crippen molar-refractivity contribution in [3.8, 4) is 0 Å². The van der Waals surface area contributed by atoms with E-state index in [0.717, 1.165) is 0 Å². The molecule has 12 heavy (non-hydrogen) atoms. The molecule has 0 saturated carbocycles. The summed E-state index contributed by atoms with van der Waals surface area (Å²) >= 11 is 0. The number of aliphatic hydroxyl groups is 2. The monoisotopic (exact) mass is 176 g/mol. The van der Waals surface area contributed by atoms with Crippen molar-refractivity contribution in [3.63, 3.8) is 0 Å².